The minimum absolute atomic E-state index is 0.0182. The molecule has 1 fully saturated rings. The lowest BCUT2D eigenvalue weighted by atomic mass is 9.81. The number of rotatable bonds is 6. The van der Waals surface area contributed by atoms with Crippen LogP contribution in [0, 0.1) is 11.7 Å². The Bertz CT molecular complexity index is 1200. The number of allylic oxidation sites excluding steroid dienone is 1. The average Bonchev–Trinajstić information content (AvgIpc) is 3.29. The molecule has 1 saturated heterocycles. The number of thioether (sulfide) groups is 1. The third-order valence-corrected chi connectivity index (χ3v) is 7.74. The summed E-state index contributed by atoms with van der Waals surface area (Å²) in [6.07, 6.45) is 7.08. The van der Waals surface area contributed by atoms with Crippen LogP contribution >= 0.6 is 11.8 Å². The summed E-state index contributed by atoms with van der Waals surface area (Å²) < 4.78 is 20.5. The maximum atomic E-state index is 15.4. The standard InChI is InChI=1S/C24H29FN8O2S/c1-3-14-7-29-23(30-8-14)33-11-15-12-36-22(26)32-24(15,13-33)17-6-16(4-5-18(17)25)31-21(34)19-9-28-20(35-2)10-27-19/h4-10,15,20,23,28-29H,3,11-13H2,1-2H3,(H2,26,32)(H,31,34)/t15-,20?,23?,24-/m0/s1. The summed E-state index contributed by atoms with van der Waals surface area (Å²) in [5.74, 6) is -0.0856. The molecule has 5 rings (SSSR count). The smallest absolute Gasteiger partial charge is 0.275 e. The first kappa shape index (κ1) is 24.5. The van der Waals surface area contributed by atoms with Gasteiger partial charge >= 0.3 is 0 Å². The third kappa shape index (κ3) is 4.63. The van der Waals surface area contributed by atoms with Crippen molar-refractivity contribution in [1.29, 1.82) is 0 Å². The third-order valence-electron chi connectivity index (χ3n) is 6.78. The number of carbonyl (C=O) groups excluding carboxylic acids is 1. The van der Waals surface area contributed by atoms with Gasteiger partial charge in [-0.3, -0.25) is 14.7 Å². The van der Waals surface area contributed by atoms with Gasteiger partial charge in [0.25, 0.3) is 5.91 Å². The number of nitrogens with zero attached hydrogens (tertiary/aromatic N) is 4. The van der Waals surface area contributed by atoms with E-state index in [2.05, 4.69) is 37.8 Å². The van der Waals surface area contributed by atoms with Crippen LogP contribution in [-0.2, 0) is 15.1 Å². The molecule has 0 radical (unpaired) electrons. The highest BCUT2D eigenvalue weighted by atomic mass is 32.2. The van der Waals surface area contributed by atoms with E-state index < -0.39 is 17.3 Å². The van der Waals surface area contributed by atoms with Crippen molar-refractivity contribution in [3.05, 3.63) is 53.2 Å². The number of carbonyl (C=O) groups is 1. The van der Waals surface area contributed by atoms with Gasteiger partial charge in [0.15, 0.2) is 17.7 Å². The lowest BCUT2D eigenvalue weighted by Crippen LogP contribution is -2.44. The van der Waals surface area contributed by atoms with Crippen LogP contribution in [0.15, 0.2) is 56.8 Å². The molecule has 5 N–H and O–H groups in total. The fourth-order valence-corrected chi connectivity index (χ4v) is 5.80. The fraction of sp³-hybridized carbons (Fsp3) is 0.417. The normalized spacial score (nSPS) is 29.4. The van der Waals surface area contributed by atoms with Gasteiger partial charge in [-0.05, 0) is 30.2 Å². The molecule has 2 unspecified atom stereocenters. The van der Waals surface area contributed by atoms with Crippen molar-refractivity contribution < 1.29 is 13.9 Å². The zero-order valence-corrected chi connectivity index (χ0v) is 20.9. The number of amidine groups is 1. The van der Waals surface area contributed by atoms with Crippen LogP contribution < -0.4 is 21.7 Å². The van der Waals surface area contributed by atoms with Gasteiger partial charge in [-0.1, -0.05) is 18.7 Å². The average molecular weight is 513 g/mol. The molecule has 0 spiro atoms. The van der Waals surface area contributed by atoms with Crippen LogP contribution in [-0.4, -0.2) is 66.9 Å². The van der Waals surface area contributed by atoms with E-state index in [4.69, 9.17) is 15.5 Å². The first-order chi connectivity index (χ1) is 17.4. The monoisotopic (exact) mass is 512 g/mol. The number of amides is 1. The zero-order valence-electron chi connectivity index (χ0n) is 20.1. The minimum atomic E-state index is -0.887. The van der Waals surface area contributed by atoms with Crippen molar-refractivity contribution in [2.45, 2.75) is 31.4 Å². The molecule has 4 atom stereocenters. The summed E-state index contributed by atoms with van der Waals surface area (Å²) in [7, 11) is 1.54. The molecule has 36 heavy (non-hydrogen) atoms. The highest BCUT2D eigenvalue weighted by Gasteiger charge is 2.52. The van der Waals surface area contributed by atoms with Crippen molar-refractivity contribution in [1.82, 2.24) is 15.5 Å². The van der Waals surface area contributed by atoms with Gasteiger partial charge in [0.05, 0.1) is 6.21 Å². The van der Waals surface area contributed by atoms with Crippen molar-refractivity contribution in [3.8, 4) is 0 Å². The van der Waals surface area contributed by atoms with Crippen LogP contribution in [0.5, 0.6) is 0 Å². The largest absolute Gasteiger partial charge is 0.379 e. The van der Waals surface area contributed by atoms with E-state index in [0.717, 1.165) is 12.0 Å². The van der Waals surface area contributed by atoms with Crippen LogP contribution in [0.3, 0.4) is 0 Å². The highest BCUT2D eigenvalue weighted by molar-refractivity contribution is 8.13. The second-order valence-electron chi connectivity index (χ2n) is 8.98. The Kier molecular flexibility index (Phi) is 6.82. The maximum Gasteiger partial charge on any atom is 0.275 e. The molecule has 0 aliphatic carbocycles. The molecule has 4 aliphatic rings. The van der Waals surface area contributed by atoms with Gasteiger partial charge in [-0.2, -0.15) is 0 Å². The number of halogens is 1. The first-order valence-corrected chi connectivity index (χ1v) is 12.8. The molecule has 0 bridgehead atoms. The Hall–Kier alpha value is -3.22. The molecule has 1 amide bonds. The molecule has 10 nitrogen and oxygen atoms in total. The number of anilines is 1. The van der Waals surface area contributed by atoms with Gasteiger partial charge in [0.2, 0.25) is 0 Å². The molecule has 1 aromatic rings. The predicted octanol–water partition coefficient (Wildman–Crippen LogP) is 1.69. The summed E-state index contributed by atoms with van der Waals surface area (Å²) in [4.78, 5) is 28.5. The van der Waals surface area contributed by atoms with Crippen LogP contribution in [0.1, 0.15) is 18.9 Å². The predicted molar refractivity (Wildman–Crippen MR) is 140 cm³/mol. The molecule has 4 aliphatic heterocycles. The Labute approximate surface area is 213 Å². The summed E-state index contributed by atoms with van der Waals surface area (Å²) in [6, 6.07) is 4.54. The lowest BCUT2D eigenvalue weighted by molar-refractivity contribution is -0.112. The second-order valence-corrected chi connectivity index (χ2v) is 10.0. The van der Waals surface area contributed by atoms with Crippen LogP contribution in [0.2, 0.25) is 0 Å². The molecular weight excluding hydrogens is 483 g/mol. The number of benzene rings is 1. The minimum Gasteiger partial charge on any atom is -0.379 e. The van der Waals surface area contributed by atoms with Crippen LogP contribution in [0.25, 0.3) is 0 Å². The molecule has 4 heterocycles. The van der Waals surface area contributed by atoms with E-state index in [1.165, 1.54) is 43.4 Å². The number of fused-ring (bicyclic) bond motifs is 1. The Morgan fingerprint density at radius 3 is 2.94 bits per heavy atom. The Morgan fingerprint density at radius 2 is 2.25 bits per heavy atom. The van der Waals surface area contributed by atoms with Crippen molar-refractivity contribution >= 4 is 41.0 Å². The number of likely N-dealkylation sites (tertiary alicyclic amines) is 1. The van der Waals surface area contributed by atoms with Crippen LogP contribution in [0.4, 0.5) is 10.1 Å². The van der Waals surface area contributed by atoms with Crippen molar-refractivity contribution in [2.24, 2.45) is 26.6 Å². The van der Waals surface area contributed by atoms with E-state index in [1.807, 2.05) is 12.4 Å². The fourth-order valence-electron chi connectivity index (χ4n) is 4.81. The first-order valence-electron chi connectivity index (χ1n) is 11.8. The SMILES string of the molecule is CCC1=CNC(N2C[C@H]3CSC(N)=N[C@@]3(c3cc(NC(=O)C4=CNC(OC)C=N4)ccc3F)C2)N=C1. The summed E-state index contributed by atoms with van der Waals surface area (Å²) >= 11 is 1.48. The summed E-state index contributed by atoms with van der Waals surface area (Å²) in [5, 5.41) is 9.50. The van der Waals surface area contributed by atoms with Crippen molar-refractivity contribution in [2.75, 3.05) is 31.3 Å². The zero-order chi connectivity index (χ0) is 25.3. The van der Waals surface area contributed by atoms with E-state index in [1.54, 1.807) is 6.07 Å². The quantitative estimate of drug-likeness (QED) is 0.457. The van der Waals surface area contributed by atoms with Crippen molar-refractivity contribution in [3.63, 3.8) is 0 Å². The van der Waals surface area contributed by atoms with Gasteiger partial charge < -0.3 is 26.4 Å². The number of nitrogens with one attached hydrogen (secondary N) is 3. The number of aliphatic imine (C=N–C) groups is 3. The molecule has 0 saturated carbocycles. The number of methoxy groups -OCH3 is 1. The maximum absolute atomic E-state index is 15.4. The number of hydrogen-bond donors (Lipinski definition) is 4. The van der Waals surface area contributed by atoms with E-state index in [0.29, 0.717) is 35.3 Å². The number of hydrogen-bond acceptors (Lipinski definition) is 10. The van der Waals surface area contributed by atoms with Gasteiger partial charge in [0.1, 0.15) is 17.1 Å². The van der Waals surface area contributed by atoms with Gasteiger partial charge in [-0.25, -0.2) is 14.4 Å². The molecule has 0 aromatic heterocycles. The lowest BCUT2D eigenvalue weighted by Gasteiger charge is -2.35. The van der Waals surface area contributed by atoms with E-state index in [-0.39, 0.29) is 24.1 Å². The van der Waals surface area contributed by atoms with Gasteiger partial charge in [-0.15, -0.1) is 0 Å². The molecule has 190 valence electrons. The number of nitrogens with two attached hydrogens (primary N) is 1. The molecular formula is C24H29FN8O2S. The van der Waals surface area contributed by atoms with E-state index in [9.17, 15) is 4.79 Å². The Morgan fingerprint density at radius 1 is 1.39 bits per heavy atom. The molecule has 1 aromatic carbocycles. The summed E-state index contributed by atoms with van der Waals surface area (Å²) in [5.41, 5.74) is 7.44. The summed E-state index contributed by atoms with van der Waals surface area (Å²) in [6.45, 7) is 3.19. The highest BCUT2D eigenvalue weighted by Crippen LogP contribution is 2.47. The second kappa shape index (κ2) is 10.0. The topological polar surface area (TPSA) is 129 Å². The van der Waals surface area contributed by atoms with E-state index >= 15 is 4.39 Å². The Balaban J connectivity index is 1.41. The number of ether oxygens (including phenoxy) is 1. The molecule has 12 heteroatoms. The van der Waals surface area contributed by atoms with Gasteiger partial charge in [0, 0.05) is 61.7 Å².